The van der Waals surface area contributed by atoms with Gasteiger partial charge in [0, 0.05) is 8.35 Å². The average molecular weight is 303 g/mol. The molecule has 2 heterocycles. The van der Waals surface area contributed by atoms with Crippen LogP contribution in [0, 0.1) is 6.92 Å². The van der Waals surface area contributed by atoms with Crippen LogP contribution in [0.15, 0.2) is 21.6 Å². The van der Waals surface area contributed by atoms with E-state index in [0.29, 0.717) is 21.5 Å². The number of nitrogens with two attached hydrogens (primary N) is 1. The lowest BCUT2D eigenvalue weighted by molar-refractivity contribution is -0.114. The number of sulfonamides is 1. The van der Waals surface area contributed by atoms with Crippen molar-refractivity contribution in [3.05, 3.63) is 17.8 Å². The largest absolute Gasteiger partial charge is 0.442 e. The Morgan fingerprint density at radius 3 is 2.74 bits per heavy atom. The Morgan fingerprint density at radius 2 is 2.21 bits per heavy atom. The van der Waals surface area contributed by atoms with Gasteiger partial charge in [-0.15, -0.1) is 0 Å². The monoisotopic (exact) mass is 303 g/mol. The summed E-state index contributed by atoms with van der Waals surface area (Å²) in [4.78, 5) is 15.7. The van der Waals surface area contributed by atoms with E-state index in [1.165, 1.54) is 30.4 Å². The Kier molecular flexibility index (Phi) is 3.43. The van der Waals surface area contributed by atoms with Crippen molar-refractivity contribution in [2.75, 3.05) is 5.32 Å². The van der Waals surface area contributed by atoms with E-state index in [1.54, 1.807) is 6.92 Å². The van der Waals surface area contributed by atoms with Gasteiger partial charge >= 0.3 is 0 Å². The summed E-state index contributed by atoms with van der Waals surface area (Å²) in [7, 11) is -3.87. The van der Waals surface area contributed by atoms with Crippen LogP contribution in [-0.2, 0) is 14.8 Å². The van der Waals surface area contributed by atoms with Gasteiger partial charge in [0.25, 0.3) is 10.0 Å². The standard InChI is InChI=1S/C10H11N3O4S2.H2/c1-5-9(18-10(12-5)13-6(2)14)7-3-4-8(17-7)19(11,15)16;/h3-4H,1-2H3,(H2,11,15,16)(H,12,13,14);1H. The Morgan fingerprint density at radius 1 is 1.53 bits per heavy atom. The lowest BCUT2D eigenvalue weighted by atomic mass is 10.3. The molecule has 0 unspecified atom stereocenters. The molecule has 0 bridgehead atoms. The van der Waals surface area contributed by atoms with Crippen LogP contribution in [0.25, 0.3) is 10.6 Å². The van der Waals surface area contributed by atoms with E-state index in [-0.39, 0.29) is 12.4 Å². The first-order chi connectivity index (χ1) is 8.77. The Hall–Kier alpha value is -1.71. The number of aromatic nitrogens is 1. The summed E-state index contributed by atoms with van der Waals surface area (Å²) in [6, 6.07) is 2.78. The highest BCUT2D eigenvalue weighted by atomic mass is 32.2. The highest BCUT2D eigenvalue weighted by Gasteiger charge is 2.18. The molecule has 7 nitrogen and oxygen atoms in total. The third-order valence-corrected chi connectivity index (χ3v) is 4.03. The normalized spacial score (nSPS) is 11.5. The van der Waals surface area contributed by atoms with Crippen LogP contribution < -0.4 is 10.5 Å². The van der Waals surface area contributed by atoms with Crippen LogP contribution in [0.5, 0.6) is 0 Å². The number of nitrogens with zero attached hydrogens (tertiary/aromatic N) is 1. The molecule has 0 spiro atoms. The van der Waals surface area contributed by atoms with Gasteiger partial charge in [0.1, 0.15) is 5.76 Å². The maximum Gasteiger partial charge on any atom is 0.271 e. The summed E-state index contributed by atoms with van der Waals surface area (Å²) in [5.74, 6) is 0.112. The Balaban J connectivity index is 0.00000200. The molecule has 2 aromatic heterocycles. The number of hydrogen-bond acceptors (Lipinski definition) is 6. The molecule has 19 heavy (non-hydrogen) atoms. The van der Waals surface area contributed by atoms with Crippen molar-refractivity contribution in [1.82, 2.24) is 4.98 Å². The average Bonchev–Trinajstić information content (AvgIpc) is 2.82. The first kappa shape index (κ1) is 13.7. The molecule has 0 aromatic carbocycles. The number of hydrogen-bond donors (Lipinski definition) is 2. The van der Waals surface area contributed by atoms with E-state index >= 15 is 0 Å². The zero-order valence-electron chi connectivity index (χ0n) is 10.1. The van der Waals surface area contributed by atoms with Gasteiger partial charge in [-0.05, 0) is 19.1 Å². The second-order valence-corrected chi connectivity index (χ2v) is 6.27. The summed E-state index contributed by atoms with van der Waals surface area (Å²) in [5, 5.41) is 7.64. The van der Waals surface area contributed by atoms with Gasteiger partial charge in [0.05, 0.1) is 10.6 Å². The molecule has 0 aliphatic carbocycles. The minimum Gasteiger partial charge on any atom is -0.442 e. The second kappa shape index (κ2) is 4.76. The summed E-state index contributed by atoms with van der Waals surface area (Å²) in [5.41, 5.74) is 0.629. The number of primary sulfonamides is 1. The van der Waals surface area contributed by atoms with E-state index < -0.39 is 10.0 Å². The van der Waals surface area contributed by atoms with Crippen molar-refractivity contribution in [2.24, 2.45) is 5.14 Å². The Labute approximate surface area is 115 Å². The van der Waals surface area contributed by atoms with Crippen LogP contribution in [0.2, 0.25) is 0 Å². The third-order valence-electron chi connectivity index (χ3n) is 2.17. The summed E-state index contributed by atoms with van der Waals surface area (Å²) in [6.45, 7) is 3.11. The quantitative estimate of drug-likeness (QED) is 0.892. The van der Waals surface area contributed by atoms with Crippen LogP contribution in [0.4, 0.5) is 5.13 Å². The van der Waals surface area contributed by atoms with Crippen molar-refractivity contribution in [3.63, 3.8) is 0 Å². The van der Waals surface area contributed by atoms with E-state index in [0.717, 1.165) is 0 Å². The number of anilines is 1. The number of furan rings is 1. The van der Waals surface area contributed by atoms with Crippen LogP contribution in [0.1, 0.15) is 14.0 Å². The summed E-state index contributed by atoms with van der Waals surface area (Å²) < 4.78 is 27.4. The number of carbonyl (C=O) groups is 1. The predicted octanol–water partition coefficient (Wildman–Crippen LogP) is 1.56. The maximum atomic E-state index is 11.1. The van der Waals surface area contributed by atoms with Gasteiger partial charge in [-0.3, -0.25) is 4.79 Å². The minimum absolute atomic E-state index is 0. The SMILES string of the molecule is CC(=O)Nc1nc(C)c(-c2ccc(S(N)(=O)=O)o2)s1.[HH]. The lowest BCUT2D eigenvalue weighted by Gasteiger charge is -1.93. The van der Waals surface area contributed by atoms with Gasteiger partial charge in [0.2, 0.25) is 11.0 Å². The zero-order chi connectivity index (χ0) is 14.2. The number of aryl methyl sites for hydroxylation is 1. The molecule has 2 rings (SSSR count). The molecule has 3 N–H and O–H groups in total. The molecule has 0 fully saturated rings. The fourth-order valence-electron chi connectivity index (χ4n) is 1.42. The first-order valence-corrected chi connectivity index (χ1v) is 7.51. The first-order valence-electron chi connectivity index (χ1n) is 5.15. The van der Waals surface area contributed by atoms with E-state index in [1.807, 2.05) is 0 Å². The number of thiazole rings is 1. The number of amides is 1. The van der Waals surface area contributed by atoms with Crippen molar-refractivity contribution in [3.8, 4) is 10.6 Å². The summed E-state index contributed by atoms with van der Waals surface area (Å²) >= 11 is 1.19. The van der Waals surface area contributed by atoms with Gasteiger partial charge in [-0.2, -0.15) is 0 Å². The van der Waals surface area contributed by atoms with Crippen LogP contribution in [0.3, 0.4) is 0 Å². The van der Waals surface area contributed by atoms with E-state index in [2.05, 4.69) is 10.3 Å². The molecule has 0 aliphatic heterocycles. The molecule has 0 saturated carbocycles. The van der Waals surface area contributed by atoms with Crippen LogP contribution >= 0.6 is 11.3 Å². The molecule has 0 aliphatic rings. The topological polar surface area (TPSA) is 115 Å². The summed E-state index contributed by atoms with van der Waals surface area (Å²) in [6.07, 6.45) is 0. The van der Waals surface area contributed by atoms with Gasteiger partial charge < -0.3 is 9.73 Å². The van der Waals surface area contributed by atoms with Gasteiger partial charge in [0.15, 0.2) is 5.13 Å². The zero-order valence-corrected chi connectivity index (χ0v) is 11.8. The third kappa shape index (κ3) is 3.00. The van der Waals surface area contributed by atoms with Crippen molar-refractivity contribution in [2.45, 2.75) is 18.9 Å². The molecule has 0 atom stereocenters. The number of rotatable bonds is 3. The fraction of sp³-hybridized carbons (Fsp3) is 0.200. The molecular weight excluding hydrogens is 290 g/mol. The second-order valence-electron chi connectivity index (χ2n) is 3.78. The smallest absolute Gasteiger partial charge is 0.271 e. The molecular formula is C10H13N3O4S2. The van der Waals surface area contributed by atoms with E-state index in [9.17, 15) is 13.2 Å². The van der Waals surface area contributed by atoms with Crippen molar-refractivity contribution < 1.29 is 19.1 Å². The maximum absolute atomic E-state index is 11.1. The number of nitrogens with one attached hydrogen (secondary N) is 1. The van der Waals surface area contributed by atoms with Gasteiger partial charge in [-0.25, -0.2) is 18.5 Å². The molecule has 0 saturated heterocycles. The molecule has 2 aromatic rings. The highest BCUT2D eigenvalue weighted by molar-refractivity contribution is 7.89. The lowest BCUT2D eigenvalue weighted by Crippen LogP contribution is -2.10. The van der Waals surface area contributed by atoms with E-state index in [4.69, 9.17) is 9.56 Å². The predicted molar refractivity (Wildman–Crippen MR) is 72.3 cm³/mol. The molecule has 1 amide bonds. The van der Waals surface area contributed by atoms with Crippen LogP contribution in [-0.4, -0.2) is 19.3 Å². The van der Waals surface area contributed by atoms with Crippen molar-refractivity contribution >= 4 is 32.4 Å². The number of carbonyl (C=O) groups excluding carboxylic acids is 1. The molecule has 104 valence electrons. The minimum atomic E-state index is -3.87. The molecule has 0 radical (unpaired) electrons. The highest BCUT2D eigenvalue weighted by Crippen LogP contribution is 2.34. The fourth-order valence-corrected chi connectivity index (χ4v) is 2.86. The Bertz CT molecular complexity index is 736. The van der Waals surface area contributed by atoms with Crippen molar-refractivity contribution in [1.29, 1.82) is 0 Å². The molecule has 9 heteroatoms. The van der Waals surface area contributed by atoms with Gasteiger partial charge in [-0.1, -0.05) is 11.3 Å².